The highest BCUT2D eigenvalue weighted by atomic mass is 35.5. The van der Waals surface area contributed by atoms with Crippen molar-refractivity contribution in [3.05, 3.63) is 28.8 Å². The number of sulfonamides is 1. The molecule has 0 heterocycles. The number of hydrogen-bond acceptors (Lipinski definition) is 4. The van der Waals surface area contributed by atoms with Gasteiger partial charge in [-0.1, -0.05) is 25.4 Å². The molecule has 100 valence electrons. The van der Waals surface area contributed by atoms with E-state index in [2.05, 4.69) is 4.72 Å². The van der Waals surface area contributed by atoms with Gasteiger partial charge < -0.3 is 0 Å². The second kappa shape index (κ2) is 6.03. The minimum Gasteiger partial charge on any atom is -0.207 e. The van der Waals surface area contributed by atoms with Crippen LogP contribution in [0.2, 0.25) is 5.02 Å². The molecule has 1 atom stereocenters. The van der Waals surface area contributed by atoms with Crippen LogP contribution in [0.25, 0.3) is 0 Å². The fraction of sp³-hybridized carbons (Fsp3) is 0.333. The third-order valence-electron chi connectivity index (χ3n) is 2.44. The summed E-state index contributed by atoms with van der Waals surface area (Å²) in [5.74, 6) is -0.183. The van der Waals surface area contributed by atoms with Crippen molar-refractivity contribution in [2.24, 2.45) is 5.92 Å². The molecule has 0 aliphatic rings. The summed E-state index contributed by atoms with van der Waals surface area (Å²) in [5, 5.41) is 17.7. The third kappa shape index (κ3) is 3.68. The lowest BCUT2D eigenvalue weighted by molar-refractivity contribution is 0.515. The van der Waals surface area contributed by atoms with E-state index >= 15 is 0 Å². The molecule has 1 aromatic carbocycles. The summed E-state index contributed by atoms with van der Waals surface area (Å²) in [4.78, 5) is -0.200. The van der Waals surface area contributed by atoms with Gasteiger partial charge in [0.05, 0.1) is 22.7 Å². The molecule has 1 aromatic rings. The van der Waals surface area contributed by atoms with E-state index in [1.54, 1.807) is 13.8 Å². The van der Waals surface area contributed by atoms with Gasteiger partial charge in [-0.3, -0.25) is 0 Å². The lowest BCUT2D eigenvalue weighted by atomic mass is 10.1. The smallest absolute Gasteiger partial charge is 0.207 e. The molecule has 0 saturated heterocycles. The molecular weight excluding hydrogens is 286 g/mol. The number of rotatable bonds is 4. The summed E-state index contributed by atoms with van der Waals surface area (Å²) >= 11 is 5.83. The first-order valence-corrected chi connectivity index (χ1v) is 7.29. The third-order valence-corrected chi connectivity index (χ3v) is 4.36. The molecule has 1 unspecified atom stereocenters. The van der Waals surface area contributed by atoms with Gasteiger partial charge in [-0.05, 0) is 24.1 Å². The average Bonchev–Trinajstić information content (AvgIpc) is 2.36. The minimum atomic E-state index is -3.94. The lowest BCUT2D eigenvalue weighted by Gasteiger charge is -2.15. The summed E-state index contributed by atoms with van der Waals surface area (Å²) in [6.45, 7) is 3.45. The summed E-state index contributed by atoms with van der Waals surface area (Å²) < 4.78 is 26.5. The molecule has 5 nitrogen and oxygen atoms in total. The molecule has 0 aliphatic carbocycles. The molecular formula is C12H12ClN3O2S. The van der Waals surface area contributed by atoms with E-state index in [1.807, 2.05) is 12.1 Å². The van der Waals surface area contributed by atoms with E-state index in [0.29, 0.717) is 0 Å². The Balaban J connectivity index is 3.22. The number of nitriles is 2. The number of halogens is 1. The number of hydrogen-bond donors (Lipinski definition) is 1. The largest absolute Gasteiger partial charge is 0.243 e. The first kappa shape index (κ1) is 15.5. The zero-order valence-electron chi connectivity index (χ0n) is 10.4. The van der Waals surface area contributed by atoms with Gasteiger partial charge in [0.15, 0.2) is 0 Å². The zero-order valence-corrected chi connectivity index (χ0v) is 12.0. The molecule has 0 aliphatic heterocycles. The van der Waals surface area contributed by atoms with Crippen molar-refractivity contribution in [1.29, 1.82) is 10.5 Å². The van der Waals surface area contributed by atoms with E-state index < -0.39 is 16.1 Å². The Morgan fingerprint density at radius 2 is 1.95 bits per heavy atom. The Hall–Kier alpha value is -1.60. The van der Waals surface area contributed by atoms with Crippen molar-refractivity contribution in [3.8, 4) is 12.1 Å². The van der Waals surface area contributed by atoms with Crippen LogP contribution >= 0.6 is 11.6 Å². The molecule has 1 N–H and O–H groups in total. The normalized spacial score (nSPS) is 12.7. The molecule has 0 aromatic heterocycles. The molecule has 0 saturated carbocycles. The number of nitrogens with zero attached hydrogens (tertiary/aromatic N) is 2. The Kier molecular flexibility index (Phi) is 4.90. The minimum absolute atomic E-state index is 0.00643. The summed E-state index contributed by atoms with van der Waals surface area (Å²) in [6, 6.07) is 6.80. The molecule has 7 heteroatoms. The monoisotopic (exact) mass is 297 g/mol. The summed E-state index contributed by atoms with van der Waals surface area (Å²) in [6.07, 6.45) is 0. The average molecular weight is 298 g/mol. The molecule has 0 spiro atoms. The van der Waals surface area contributed by atoms with Crippen LogP contribution in [0.4, 0.5) is 0 Å². The van der Waals surface area contributed by atoms with Gasteiger partial charge in [-0.2, -0.15) is 15.2 Å². The summed E-state index contributed by atoms with van der Waals surface area (Å²) in [7, 11) is -3.94. The van der Waals surface area contributed by atoms with E-state index in [4.69, 9.17) is 22.1 Å². The fourth-order valence-electron chi connectivity index (χ4n) is 1.32. The Morgan fingerprint density at radius 1 is 1.32 bits per heavy atom. The van der Waals surface area contributed by atoms with Crippen molar-refractivity contribution in [3.63, 3.8) is 0 Å². The standard InChI is InChI=1S/C12H12ClN3O2S/c1-8(2)11(7-15)16-19(17,18)12-5-9(6-14)3-4-10(12)13/h3-5,8,11,16H,1-2H3. The van der Waals surface area contributed by atoms with Crippen LogP contribution in [0.15, 0.2) is 23.1 Å². The van der Waals surface area contributed by atoms with Gasteiger partial charge in [0.2, 0.25) is 10.0 Å². The Labute approximate surface area is 117 Å². The van der Waals surface area contributed by atoms with E-state index in [9.17, 15) is 8.42 Å². The van der Waals surface area contributed by atoms with Crippen molar-refractivity contribution in [1.82, 2.24) is 4.72 Å². The van der Waals surface area contributed by atoms with Crippen molar-refractivity contribution < 1.29 is 8.42 Å². The quantitative estimate of drug-likeness (QED) is 0.920. The molecule has 0 bridgehead atoms. The Morgan fingerprint density at radius 3 is 2.42 bits per heavy atom. The van der Waals surface area contributed by atoms with Crippen LogP contribution in [0.1, 0.15) is 19.4 Å². The highest BCUT2D eigenvalue weighted by Crippen LogP contribution is 2.23. The van der Waals surface area contributed by atoms with Crippen molar-refractivity contribution in [2.45, 2.75) is 24.8 Å². The van der Waals surface area contributed by atoms with Crippen LogP contribution in [0.3, 0.4) is 0 Å². The summed E-state index contributed by atoms with van der Waals surface area (Å²) in [5.41, 5.74) is 0.183. The van der Waals surface area contributed by atoms with Crippen LogP contribution in [0.5, 0.6) is 0 Å². The van der Waals surface area contributed by atoms with Crippen LogP contribution in [-0.2, 0) is 10.0 Å². The second-order valence-electron chi connectivity index (χ2n) is 4.23. The van der Waals surface area contributed by atoms with E-state index in [1.165, 1.54) is 18.2 Å². The van der Waals surface area contributed by atoms with Crippen LogP contribution < -0.4 is 4.72 Å². The number of benzene rings is 1. The fourth-order valence-corrected chi connectivity index (χ4v) is 3.14. The first-order chi connectivity index (χ1) is 8.81. The Bertz CT molecular complexity index is 657. The highest BCUT2D eigenvalue weighted by Gasteiger charge is 2.24. The predicted octanol–water partition coefficient (Wildman–Crippen LogP) is 2.04. The van der Waals surface area contributed by atoms with Gasteiger partial charge in [0, 0.05) is 0 Å². The maximum absolute atomic E-state index is 12.1. The SMILES string of the molecule is CC(C)C(C#N)NS(=O)(=O)c1cc(C#N)ccc1Cl. The van der Waals surface area contributed by atoms with E-state index in [-0.39, 0.29) is 21.4 Å². The van der Waals surface area contributed by atoms with Gasteiger partial charge in [0.25, 0.3) is 0 Å². The molecule has 0 radical (unpaired) electrons. The topological polar surface area (TPSA) is 93.8 Å². The second-order valence-corrected chi connectivity index (χ2v) is 6.32. The van der Waals surface area contributed by atoms with Gasteiger partial charge in [-0.25, -0.2) is 8.42 Å². The zero-order chi connectivity index (χ0) is 14.6. The molecule has 0 amide bonds. The highest BCUT2D eigenvalue weighted by molar-refractivity contribution is 7.89. The molecule has 19 heavy (non-hydrogen) atoms. The van der Waals surface area contributed by atoms with Gasteiger partial charge >= 0.3 is 0 Å². The van der Waals surface area contributed by atoms with Gasteiger partial charge in [-0.15, -0.1) is 0 Å². The molecule has 1 rings (SSSR count). The van der Waals surface area contributed by atoms with E-state index in [0.717, 1.165) is 0 Å². The van der Waals surface area contributed by atoms with Crippen LogP contribution in [0, 0.1) is 28.6 Å². The maximum Gasteiger partial charge on any atom is 0.243 e. The maximum atomic E-state index is 12.1. The van der Waals surface area contributed by atoms with Crippen molar-refractivity contribution >= 4 is 21.6 Å². The molecule has 0 fully saturated rings. The van der Waals surface area contributed by atoms with Crippen LogP contribution in [-0.4, -0.2) is 14.5 Å². The number of nitrogens with one attached hydrogen (secondary N) is 1. The predicted molar refractivity (Wildman–Crippen MR) is 70.7 cm³/mol. The first-order valence-electron chi connectivity index (χ1n) is 5.43. The van der Waals surface area contributed by atoms with Gasteiger partial charge in [0.1, 0.15) is 10.9 Å². The van der Waals surface area contributed by atoms with Crippen molar-refractivity contribution in [2.75, 3.05) is 0 Å². The lowest BCUT2D eigenvalue weighted by Crippen LogP contribution is -2.37.